The van der Waals surface area contributed by atoms with Gasteiger partial charge in [0.1, 0.15) is 10.7 Å². The van der Waals surface area contributed by atoms with Crippen molar-refractivity contribution in [2.75, 3.05) is 50.8 Å². The number of halogens is 4. The second kappa shape index (κ2) is 7.92. The molecule has 0 saturated carbocycles. The lowest BCUT2D eigenvalue weighted by molar-refractivity contribution is -0.0435. The molecular weight excluding hydrogens is 388 g/mol. The van der Waals surface area contributed by atoms with Crippen molar-refractivity contribution in [3.8, 4) is 0 Å². The minimum absolute atomic E-state index is 0.0847. The summed E-state index contributed by atoms with van der Waals surface area (Å²) in [5, 5.41) is 0. The Bertz CT molecular complexity index is 756. The predicted octanol–water partition coefficient (Wildman–Crippen LogP) is 2.67. The summed E-state index contributed by atoms with van der Waals surface area (Å²) >= 11 is 0. The van der Waals surface area contributed by atoms with Crippen LogP contribution in [0.1, 0.15) is 12.8 Å². The van der Waals surface area contributed by atoms with E-state index in [4.69, 9.17) is 4.74 Å². The van der Waals surface area contributed by atoms with Crippen molar-refractivity contribution in [3.05, 3.63) is 24.0 Å². The molecule has 27 heavy (non-hydrogen) atoms. The van der Waals surface area contributed by atoms with E-state index in [1.165, 1.54) is 0 Å². The van der Waals surface area contributed by atoms with Crippen LogP contribution in [0.15, 0.2) is 23.1 Å². The van der Waals surface area contributed by atoms with Gasteiger partial charge in [0.05, 0.1) is 18.9 Å². The molecular formula is C17H22F4N2O3S. The Morgan fingerprint density at radius 2 is 1.70 bits per heavy atom. The number of sulfone groups is 1. The van der Waals surface area contributed by atoms with Crippen molar-refractivity contribution in [1.82, 2.24) is 4.90 Å². The molecule has 0 atom stereocenters. The van der Waals surface area contributed by atoms with Gasteiger partial charge >= 0.3 is 5.51 Å². The summed E-state index contributed by atoms with van der Waals surface area (Å²) < 4.78 is 81.5. The Morgan fingerprint density at radius 3 is 2.30 bits per heavy atom. The van der Waals surface area contributed by atoms with Crippen molar-refractivity contribution in [2.24, 2.45) is 5.92 Å². The maximum Gasteiger partial charge on any atom is 0.501 e. The smallest absolute Gasteiger partial charge is 0.379 e. The van der Waals surface area contributed by atoms with Gasteiger partial charge in [0.25, 0.3) is 9.84 Å². The molecule has 2 saturated heterocycles. The molecule has 5 nitrogen and oxygen atoms in total. The quantitative estimate of drug-likeness (QED) is 0.715. The number of hydrogen-bond acceptors (Lipinski definition) is 5. The van der Waals surface area contributed by atoms with Crippen LogP contribution in [0.25, 0.3) is 0 Å². The van der Waals surface area contributed by atoms with Crippen molar-refractivity contribution in [1.29, 1.82) is 0 Å². The number of anilines is 1. The Balaban J connectivity index is 1.73. The van der Waals surface area contributed by atoms with E-state index in [2.05, 4.69) is 4.90 Å². The SMILES string of the molecule is O=S(=O)(c1cc(F)ccc1N1CCC(CN2CCOCC2)CC1)C(F)(F)F. The van der Waals surface area contributed by atoms with Gasteiger partial charge in [-0.05, 0) is 37.0 Å². The Labute approximate surface area is 155 Å². The lowest BCUT2D eigenvalue weighted by Crippen LogP contribution is -2.43. The number of rotatable bonds is 4. The van der Waals surface area contributed by atoms with Crippen LogP contribution in [0.5, 0.6) is 0 Å². The highest BCUT2D eigenvalue weighted by atomic mass is 32.2. The molecule has 0 amide bonds. The molecule has 152 valence electrons. The molecule has 0 aliphatic carbocycles. The van der Waals surface area contributed by atoms with Crippen LogP contribution >= 0.6 is 0 Å². The topological polar surface area (TPSA) is 49.9 Å². The van der Waals surface area contributed by atoms with Crippen molar-refractivity contribution >= 4 is 15.5 Å². The zero-order chi connectivity index (χ0) is 19.7. The second-order valence-corrected chi connectivity index (χ2v) is 8.81. The molecule has 3 rings (SSSR count). The van der Waals surface area contributed by atoms with Gasteiger partial charge < -0.3 is 9.64 Å². The number of nitrogens with zero attached hydrogens (tertiary/aromatic N) is 2. The molecule has 0 N–H and O–H groups in total. The largest absolute Gasteiger partial charge is 0.501 e. The number of hydrogen-bond donors (Lipinski definition) is 0. The Hall–Kier alpha value is -1.39. The molecule has 0 aromatic heterocycles. The molecule has 1 aromatic rings. The van der Waals surface area contributed by atoms with Gasteiger partial charge in [0.15, 0.2) is 0 Å². The molecule has 10 heteroatoms. The number of morpholine rings is 1. The van der Waals surface area contributed by atoms with E-state index >= 15 is 0 Å². The van der Waals surface area contributed by atoms with Crippen LogP contribution in [0.2, 0.25) is 0 Å². The number of ether oxygens (including phenoxy) is 1. The third kappa shape index (κ3) is 4.55. The first-order valence-corrected chi connectivity index (χ1v) is 10.3. The first kappa shape index (κ1) is 20.3. The number of alkyl halides is 3. The molecule has 0 radical (unpaired) electrons. The van der Waals surface area contributed by atoms with Gasteiger partial charge in [-0.25, -0.2) is 12.8 Å². The third-order valence-corrected chi connectivity index (χ3v) is 6.61. The predicted molar refractivity (Wildman–Crippen MR) is 91.8 cm³/mol. The highest BCUT2D eigenvalue weighted by Gasteiger charge is 2.48. The van der Waals surface area contributed by atoms with Crippen LogP contribution in [0.4, 0.5) is 23.2 Å². The molecule has 1 aromatic carbocycles. The Morgan fingerprint density at radius 1 is 1.07 bits per heavy atom. The third-order valence-electron chi connectivity index (χ3n) is 5.09. The summed E-state index contributed by atoms with van der Waals surface area (Å²) in [6.07, 6.45) is 1.47. The van der Waals surface area contributed by atoms with Gasteiger partial charge in [-0.2, -0.15) is 13.2 Å². The molecule has 0 spiro atoms. The van der Waals surface area contributed by atoms with E-state index in [0.717, 1.165) is 44.6 Å². The summed E-state index contributed by atoms with van der Waals surface area (Å²) in [5.74, 6) is -0.619. The minimum Gasteiger partial charge on any atom is -0.379 e. The number of piperidine rings is 1. The van der Waals surface area contributed by atoms with Gasteiger partial charge in [0.2, 0.25) is 0 Å². The molecule has 0 unspecified atom stereocenters. The van der Waals surface area contributed by atoms with Crippen LogP contribution < -0.4 is 4.90 Å². The maximum atomic E-state index is 13.5. The summed E-state index contributed by atoms with van der Waals surface area (Å²) in [7, 11) is -5.62. The summed E-state index contributed by atoms with van der Waals surface area (Å²) in [4.78, 5) is 2.90. The highest BCUT2D eigenvalue weighted by molar-refractivity contribution is 7.92. The second-order valence-electron chi connectivity index (χ2n) is 6.90. The monoisotopic (exact) mass is 410 g/mol. The van der Waals surface area contributed by atoms with Crippen LogP contribution in [0.3, 0.4) is 0 Å². The van der Waals surface area contributed by atoms with Gasteiger partial charge in [-0.1, -0.05) is 0 Å². The van der Waals surface area contributed by atoms with E-state index in [0.29, 0.717) is 38.3 Å². The van der Waals surface area contributed by atoms with E-state index in [9.17, 15) is 26.0 Å². The van der Waals surface area contributed by atoms with Crippen molar-refractivity contribution in [3.63, 3.8) is 0 Å². The van der Waals surface area contributed by atoms with E-state index in [1.54, 1.807) is 4.90 Å². The van der Waals surface area contributed by atoms with E-state index < -0.39 is 26.1 Å². The molecule has 2 aliphatic rings. The molecule has 2 fully saturated rings. The fourth-order valence-electron chi connectivity index (χ4n) is 3.59. The fourth-order valence-corrected chi connectivity index (χ4v) is 4.58. The van der Waals surface area contributed by atoms with Crippen LogP contribution in [0, 0.1) is 11.7 Å². The first-order chi connectivity index (χ1) is 12.7. The maximum absolute atomic E-state index is 13.5. The summed E-state index contributed by atoms with van der Waals surface area (Å²) in [5.41, 5.74) is -5.55. The molecule has 2 heterocycles. The van der Waals surface area contributed by atoms with Gasteiger partial charge in [0, 0.05) is 32.7 Å². The highest BCUT2D eigenvalue weighted by Crippen LogP contribution is 2.37. The van der Waals surface area contributed by atoms with E-state index in [-0.39, 0.29) is 5.69 Å². The van der Waals surface area contributed by atoms with Crippen molar-refractivity contribution < 1.29 is 30.7 Å². The zero-order valence-electron chi connectivity index (χ0n) is 14.7. The molecule has 0 bridgehead atoms. The first-order valence-electron chi connectivity index (χ1n) is 8.84. The summed E-state index contributed by atoms with van der Waals surface area (Å²) in [6.45, 7) is 4.90. The fraction of sp³-hybridized carbons (Fsp3) is 0.647. The van der Waals surface area contributed by atoms with E-state index in [1.807, 2.05) is 0 Å². The number of benzene rings is 1. The molecule has 2 aliphatic heterocycles. The zero-order valence-corrected chi connectivity index (χ0v) is 15.5. The standard InChI is InChI=1S/C17H22F4N2O3S/c18-14-1-2-15(16(11-14)27(24,25)17(19,20)21)23-5-3-13(4-6-23)12-22-7-9-26-10-8-22/h1-2,11,13H,3-10,12H2. The Kier molecular flexibility index (Phi) is 5.97. The lowest BCUT2D eigenvalue weighted by atomic mass is 9.95. The average Bonchev–Trinajstić information content (AvgIpc) is 2.62. The normalized spacial score (nSPS) is 20.8. The van der Waals surface area contributed by atoms with Gasteiger partial charge in [-0.15, -0.1) is 0 Å². The summed E-state index contributed by atoms with van der Waals surface area (Å²) in [6, 6.07) is 2.57. The minimum atomic E-state index is -5.62. The average molecular weight is 410 g/mol. The van der Waals surface area contributed by atoms with Crippen LogP contribution in [-0.4, -0.2) is 64.8 Å². The van der Waals surface area contributed by atoms with Crippen molar-refractivity contribution in [2.45, 2.75) is 23.2 Å². The lowest BCUT2D eigenvalue weighted by Gasteiger charge is -2.37. The van der Waals surface area contributed by atoms with Crippen LogP contribution in [-0.2, 0) is 14.6 Å². The van der Waals surface area contributed by atoms with Gasteiger partial charge in [-0.3, -0.25) is 4.90 Å².